The third-order valence-electron chi connectivity index (χ3n) is 4.64. The van der Waals surface area contributed by atoms with E-state index in [1.165, 1.54) is 11.0 Å². The van der Waals surface area contributed by atoms with Crippen molar-refractivity contribution in [3.63, 3.8) is 0 Å². The minimum absolute atomic E-state index is 0.0552. The second kappa shape index (κ2) is 6.58. The number of Topliss-reactive ketones (excluding diaryl/α,β-unsaturated/α-hetero) is 1. The minimum Gasteiger partial charge on any atom is -0.506 e. The first-order valence-electron chi connectivity index (χ1n) is 8.79. The van der Waals surface area contributed by atoms with E-state index in [0.717, 1.165) is 5.56 Å². The maximum atomic E-state index is 13.1. The fraction of sp³-hybridized carbons (Fsp3) is 0.273. The molecule has 1 unspecified atom stereocenters. The van der Waals surface area contributed by atoms with Crippen molar-refractivity contribution < 1.29 is 19.8 Å². The topological polar surface area (TPSA) is 77.8 Å². The highest BCUT2D eigenvalue weighted by Crippen LogP contribution is 2.45. The van der Waals surface area contributed by atoms with Gasteiger partial charge in [0.15, 0.2) is 11.5 Å². The van der Waals surface area contributed by atoms with E-state index in [1.54, 1.807) is 45.0 Å². The third kappa shape index (κ3) is 3.21. The van der Waals surface area contributed by atoms with Crippen LogP contribution in [0.25, 0.3) is 0 Å². The Morgan fingerprint density at radius 1 is 1.04 bits per heavy atom. The van der Waals surface area contributed by atoms with Crippen molar-refractivity contribution in [3.8, 4) is 5.75 Å². The lowest BCUT2D eigenvalue weighted by Gasteiger charge is -2.29. The Labute approximate surface area is 158 Å². The van der Waals surface area contributed by atoms with Crippen LogP contribution < -0.4 is 4.90 Å². The van der Waals surface area contributed by atoms with Gasteiger partial charge in [0.1, 0.15) is 5.75 Å². The van der Waals surface area contributed by atoms with Crippen LogP contribution in [-0.4, -0.2) is 21.9 Å². The van der Waals surface area contributed by atoms with E-state index in [2.05, 4.69) is 0 Å². The molecule has 0 fully saturated rings. The van der Waals surface area contributed by atoms with Crippen LogP contribution >= 0.6 is 0 Å². The molecule has 3 rings (SSSR count). The van der Waals surface area contributed by atoms with E-state index in [0.29, 0.717) is 5.56 Å². The van der Waals surface area contributed by atoms with Gasteiger partial charge in [-0.2, -0.15) is 0 Å². The summed E-state index contributed by atoms with van der Waals surface area (Å²) in [6.07, 6.45) is 0. The summed E-state index contributed by atoms with van der Waals surface area (Å²) in [5.41, 5.74) is 1.07. The summed E-state index contributed by atoms with van der Waals surface area (Å²) in [7, 11) is 0. The molecule has 1 heterocycles. The zero-order valence-corrected chi connectivity index (χ0v) is 15.9. The van der Waals surface area contributed by atoms with Crippen molar-refractivity contribution in [2.45, 2.75) is 33.7 Å². The van der Waals surface area contributed by atoms with E-state index < -0.39 is 23.1 Å². The summed E-state index contributed by atoms with van der Waals surface area (Å²) in [4.78, 5) is 27.3. The number of benzene rings is 2. The molecule has 27 heavy (non-hydrogen) atoms. The van der Waals surface area contributed by atoms with Crippen molar-refractivity contribution in [1.82, 2.24) is 0 Å². The molecule has 0 radical (unpaired) electrons. The molecule has 1 aliphatic heterocycles. The Hall–Kier alpha value is -3.08. The van der Waals surface area contributed by atoms with Crippen LogP contribution in [0.5, 0.6) is 5.75 Å². The summed E-state index contributed by atoms with van der Waals surface area (Å²) in [6.45, 7) is 7.08. The first-order chi connectivity index (χ1) is 12.6. The normalized spacial score (nSPS) is 17.6. The summed E-state index contributed by atoms with van der Waals surface area (Å²) in [5, 5.41) is 21.0. The second-order valence-electron chi connectivity index (χ2n) is 7.82. The average Bonchev–Trinajstić information content (AvgIpc) is 2.88. The lowest BCUT2D eigenvalue weighted by Crippen LogP contribution is -2.32. The number of ketones is 1. The summed E-state index contributed by atoms with van der Waals surface area (Å²) < 4.78 is 0. The number of aromatic hydroxyl groups is 1. The molecule has 2 N–H and O–H groups in total. The van der Waals surface area contributed by atoms with Crippen molar-refractivity contribution >= 4 is 17.4 Å². The van der Waals surface area contributed by atoms with Crippen LogP contribution in [0.15, 0.2) is 59.9 Å². The molecule has 1 aliphatic rings. The smallest absolute Gasteiger partial charge is 0.294 e. The highest BCUT2D eigenvalue weighted by Gasteiger charge is 2.47. The maximum absolute atomic E-state index is 13.1. The zero-order chi connectivity index (χ0) is 19.9. The largest absolute Gasteiger partial charge is 0.506 e. The number of rotatable bonds is 3. The van der Waals surface area contributed by atoms with Crippen LogP contribution in [0.3, 0.4) is 0 Å². The molecule has 2 aromatic rings. The number of aliphatic hydroxyl groups is 1. The first kappa shape index (κ1) is 18.7. The molecular formula is C22H23NO4. The molecule has 0 spiro atoms. The molecular weight excluding hydrogens is 342 g/mol. The number of hydrogen-bond acceptors (Lipinski definition) is 4. The van der Waals surface area contributed by atoms with E-state index in [1.807, 2.05) is 25.1 Å². The number of phenols is 1. The number of hydrogen-bond donors (Lipinski definition) is 2. The summed E-state index contributed by atoms with van der Waals surface area (Å²) >= 11 is 0. The van der Waals surface area contributed by atoms with Crippen LogP contribution in [0, 0.1) is 12.3 Å². The van der Waals surface area contributed by atoms with Gasteiger partial charge >= 0.3 is 0 Å². The van der Waals surface area contributed by atoms with Gasteiger partial charge in [-0.1, -0.05) is 57.2 Å². The van der Waals surface area contributed by atoms with Crippen molar-refractivity contribution in [3.05, 3.63) is 71.0 Å². The molecule has 1 atom stereocenters. The van der Waals surface area contributed by atoms with Crippen molar-refractivity contribution in [2.24, 2.45) is 5.41 Å². The van der Waals surface area contributed by atoms with E-state index in [9.17, 15) is 19.8 Å². The Balaban J connectivity index is 2.25. The molecule has 0 aromatic heterocycles. The van der Waals surface area contributed by atoms with Crippen LogP contribution in [0.1, 0.15) is 37.9 Å². The van der Waals surface area contributed by atoms with Gasteiger partial charge in [0, 0.05) is 5.41 Å². The standard InChI is InChI=1S/C22H23NO4/c1-13-10-11-16(24)15(12-13)23-18(14-8-6-5-7-9-14)17(19(25)21(23)27)20(26)22(2,3)4/h5-12,18,24-25H,1-4H3. The van der Waals surface area contributed by atoms with Gasteiger partial charge < -0.3 is 10.2 Å². The molecule has 2 aromatic carbocycles. The number of amides is 1. The Bertz CT molecular complexity index is 939. The Morgan fingerprint density at radius 2 is 1.67 bits per heavy atom. The van der Waals surface area contributed by atoms with Crippen LogP contribution in [0.2, 0.25) is 0 Å². The van der Waals surface area contributed by atoms with Crippen molar-refractivity contribution in [1.29, 1.82) is 0 Å². The van der Waals surface area contributed by atoms with Gasteiger partial charge in [-0.25, -0.2) is 0 Å². The molecule has 0 bridgehead atoms. The van der Waals surface area contributed by atoms with Gasteiger partial charge in [0.25, 0.3) is 5.91 Å². The van der Waals surface area contributed by atoms with Gasteiger partial charge in [0.2, 0.25) is 0 Å². The van der Waals surface area contributed by atoms with Gasteiger partial charge in [-0.15, -0.1) is 0 Å². The fourth-order valence-corrected chi connectivity index (χ4v) is 3.27. The number of carbonyl (C=O) groups is 2. The number of phenolic OH excluding ortho intramolecular Hbond substituents is 1. The molecule has 0 aliphatic carbocycles. The highest BCUT2D eigenvalue weighted by atomic mass is 16.3. The quantitative estimate of drug-likeness (QED) is 0.854. The number of carbonyl (C=O) groups excluding carboxylic acids is 2. The predicted molar refractivity (Wildman–Crippen MR) is 104 cm³/mol. The molecule has 1 amide bonds. The van der Waals surface area contributed by atoms with Crippen LogP contribution in [0.4, 0.5) is 5.69 Å². The van der Waals surface area contributed by atoms with Gasteiger partial charge in [-0.05, 0) is 30.2 Å². The maximum Gasteiger partial charge on any atom is 0.294 e. The number of nitrogens with zero attached hydrogens (tertiary/aromatic N) is 1. The monoisotopic (exact) mass is 365 g/mol. The Kier molecular flexibility index (Phi) is 4.56. The van der Waals surface area contributed by atoms with Gasteiger partial charge in [0.05, 0.1) is 17.3 Å². The average molecular weight is 365 g/mol. The zero-order valence-electron chi connectivity index (χ0n) is 15.9. The lowest BCUT2D eigenvalue weighted by atomic mass is 9.82. The van der Waals surface area contributed by atoms with E-state index >= 15 is 0 Å². The molecule has 0 saturated carbocycles. The molecule has 5 heteroatoms. The lowest BCUT2D eigenvalue weighted by molar-refractivity contribution is -0.123. The van der Waals surface area contributed by atoms with E-state index in [-0.39, 0.29) is 22.8 Å². The summed E-state index contributed by atoms with van der Waals surface area (Å²) in [6, 6.07) is 13.1. The number of aliphatic hydroxyl groups excluding tert-OH is 1. The molecule has 0 saturated heterocycles. The number of aryl methyl sites for hydroxylation is 1. The second-order valence-corrected chi connectivity index (χ2v) is 7.82. The summed E-state index contributed by atoms with van der Waals surface area (Å²) in [5.74, 6) is -1.66. The fourth-order valence-electron chi connectivity index (χ4n) is 3.27. The molecule has 5 nitrogen and oxygen atoms in total. The third-order valence-corrected chi connectivity index (χ3v) is 4.64. The highest BCUT2D eigenvalue weighted by molar-refractivity contribution is 6.17. The van der Waals surface area contributed by atoms with Crippen molar-refractivity contribution in [2.75, 3.05) is 4.90 Å². The van der Waals surface area contributed by atoms with Gasteiger partial charge in [-0.3, -0.25) is 14.5 Å². The SMILES string of the molecule is Cc1ccc(O)c(N2C(=O)C(O)=C(C(=O)C(C)(C)C)C2c2ccccc2)c1. The van der Waals surface area contributed by atoms with Crippen LogP contribution in [-0.2, 0) is 9.59 Å². The first-order valence-corrected chi connectivity index (χ1v) is 8.79. The van der Waals surface area contributed by atoms with E-state index in [4.69, 9.17) is 0 Å². The minimum atomic E-state index is -0.807. The number of anilines is 1. The molecule has 140 valence electrons. The Morgan fingerprint density at radius 3 is 2.26 bits per heavy atom. The predicted octanol–water partition coefficient (Wildman–Crippen LogP) is 4.22.